The Morgan fingerprint density at radius 2 is 1.82 bits per heavy atom. The number of aliphatic carboxylic acids is 2. The van der Waals surface area contributed by atoms with Gasteiger partial charge >= 0.3 is 18.1 Å². The van der Waals surface area contributed by atoms with Crippen molar-refractivity contribution in [3.05, 3.63) is 29.1 Å². The van der Waals surface area contributed by atoms with Crippen LogP contribution >= 0.6 is 21.6 Å². The number of nitrogens with one attached hydrogen (secondary N) is 1. The number of carbonyl (C=O) groups is 3. The molecule has 7 nitrogen and oxygen atoms in total. The van der Waals surface area contributed by atoms with Crippen molar-refractivity contribution in [2.24, 2.45) is 0 Å². The normalized spacial score (nSPS) is 10.2. The van der Waals surface area contributed by atoms with Crippen molar-refractivity contribution in [3.63, 3.8) is 0 Å². The number of carboxylic acids is 2. The van der Waals surface area contributed by atoms with E-state index in [0.717, 1.165) is 5.56 Å². The number of pyridine rings is 1. The first-order valence-corrected chi connectivity index (χ1v) is 9.95. The molecule has 1 aromatic rings. The molecule has 154 valence electrons. The van der Waals surface area contributed by atoms with Crippen molar-refractivity contribution < 1.29 is 37.8 Å². The monoisotopic (exact) mass is 438 g/mol. The Morgan fingerprint density at radius 3 is 2.29 bits per heavy atom. The summed E-state index contributed by atoms with van der Waals surface area (Å²) in [5, 5.41) is 18.4. The SMILES string of the molecule is C#Cc1cnc(C(=O)NCCSSCCC(=O)O)c(C)c1.O=C(O)C(F)(F)F. The molecule has 1 amide bonds. The fourth-order valence-corrected chi connectivity index (χ4v) is 3.31. The molecule has 0 fully saturated rings. The second-order valence-corrected chi connectivity index (χ2v) is 7.58. The zero-order valence-corrected chi connectivity index (χ0v) is 16.2. The molecule has 3 N–H and O–H groups in total. The van der Waals surface area contributed by atoms with Gasteiger partial charge in [0.1, 0.15) is 5.69 Å². The van der Waals surface area contributed by atoms with Crippen LogP contribution in [0, 0.1) is 19.3 Å². The summed E-state index contributed by atoms with van der Waals surface area (Å²) in [5.41, 5.74) is 1.76. The van der Waals surface area contributed by atoms with E-state index in [2.05, 4.69) is 16.2 Å². The van der Waals surface area contributed by atoms with Crippen LogP contribution in [0.2, 0.25) is 0 Å². The quantitative estimate of drug-likeness (QED) is 0.322. The average molecular weight is 438 g/mol. The van der Waals surface area contributed by atoms with E-state index < -0.39 is 18.1 Å². The van der Waals surface area contributed by atoms with Crippen molar-refractivity contribution in [2.75, 3.05) is 18.1 Å². The topological polar surface area (TPSA) is 117 Å². The number of amides is 1. The Labute approximate surface area is 166 Å². The molecule has 0 saturated carbocycles. The summed E-state index contributed by atoms with van der Waals surface area (Å²) >= 11 is 0. The first-order chi connectivity index (χ1) is 13.0. The summed E-state index contributed by atoms with van der Waals surface area (Å²) in [4.78, 5) is 35.2. The Kier molecular flexibility index (Phi) is 11.8. The Bertz CT molecular complexity index is 736. The number of nitrogens with zero attached hydrogens (tertiary/aromatic N) is 1. The van der Waals surface area contributed by atoms with Gasteiger partial charge in [-0.3, -0.25) is 9.59 Å². The standard InChI is InChI=1S/C14H16N2O3S2.C2HF3O2/c1-3-11-8-10(2)13(16-9-11)14(19)15-5-7-21-20-6-4-12(17)18;3-2(4,5)1(6)7/h1,8-9H,4-7H2,2H3,(H,15,19)(H,17,18);(H,6,7). The summed E-state index contributed by atoms with van der Waals surface area (Å²) < 4.78 is 31.7. The highest BCUT2D eigenvalue weighted by molar-refractivity contribution is 8.76. The number of carbonyl (C=O) groups excluding carboxylic acids is 1. The lowest BCUT2D eigenvalue weighted by Crippen LogP contribution is -2.27. The van der Waals surface area contributed by atoms with Crippen molar-refractivity contribution in [2.45, 2.75) is 19.5 Å². The predicted octanol–water partition coefficient (Wildman–Crippen LogP) is 2.59. The summed E-state index contributed by atoms with van der Waals surface area (Å²) in [6, 6.07) is 1.75. The number of hydrogen-bond acceptors (Lipinski definition) is 6. The van der Waals surface area contributed by atoms with Crippen molar-refractivity contribution in [1.82, 2.24) is 10.3 Å². The second kappa shape index (κ2) is 12.9. The van der Waals surface area contributed by atoms with Gasteiger partial charge in [-0.15, -0.1) is 6.42 Å². The van der Waals surface area contributed by atoms with Crippen LogP contribution in [0.3, 0.4) is 0 Å². The maximum atomic E-state index is 11.9. The van der Waals surface area contributed by atoms with Crippen LogP contribution in [0.15, 0.2) is 12.3 Å². The van der Waals surface area contributed by atoms with Gasteiger partial charge in [-0.2, -0.15) is 13.2 Å². The van der Waals surface area contributed by atoms with Gasteiger partial charge in [0.25, 0.3) is 5.91 Å². The molecule has 12 heteroatoms. The molecule has 0 unspecified atom stereocenters. The van der Waals surface area contributed by atoms with Crippen LogP contribution in [0.1, 0.15) is 28.0 Å². The van der Waals surface area contributed by atoms with Gasteiger partial charge < -0.3 is 15.5 Å². The van der Waals surface area contributed by atoms with Crippen LogP contribution in [0.4, 0.5) is 13.2 Å². The molecule has 0 aliphatic carbocycles. The van der Waals surface area contributed by atoms with E-state index in [-0.39, 0.29) is 12.3 Å². The number of aryl methyl sites for hydroxylation is 1. The van der Waals surface area contributed by atoms with E-state index in [9.17, 15) is 22.8 Å². The first-order valence-electron chi connectivity index (χ1n) is 7.46. The summed E-state index contributed by atoms with van der Waals surface area (Å²) in [6.07, 6.45) is 1.83. The molecule has 1 heterocycles. The third-order valence-electron chi connectivity index (χ3n) is 2.66. The smallest absolute Gasteiger partial charge is 0.481 e. The van der Waals surface area contributed by atoms with Crippen molar-refractivity contribution >= 4 is 39.4 Å². The van der Waals surface area contributed by atoms with E-state index in [1.165, 1.54) is 27.8 Å². The van der Waals surface area contributed by atoms with E-state index >= 15 is 0 Å². The van der Waals surface area contributed by atoms with Gasteiger partial charge in [0, 0.05) is 29.8 Å². The first kappa shape index (κ1) is 25.6. The van der Waals surface area contributed by atoms with Gasteiger partial charge in [-0.05, 0) is 18.6 Å². The fourth-order valence-electron chi connectivity index (χ4n) is 1.43. The summed E-state index contributed by atoms with van der Waals surface area (Å²) in [7, 11) is 3.02. The summed E-state index contributed by atoms with van der Waals surface area (Å²) in [6.45, 7) is 2.29. The van der Waals surface area contributed by atoms with E-state index in [4.69, 9.17) is 21.4 Å². The predicted molar refractivity (Wildman–Crippen MR) is 100 cm³/mol. The third kappa shape index (κ3) is 11.3. The number of carboxylic acid groups (broad SMARTS) is 2. The number of aromatic nitrogens is 1. The zero-order valence-electron chi connectivity index (χ0n) is 14.6. The van der Waals surface area contributed by atoms with Crippen LogP contribution in [-0.4, -0.2) is 57.3 Å². The highest BCUT2D eigenvalue weighted by Crippen LogP contribution is 2.21. The number of terminal acetylenes is 1. The lowest BCUT2D eigenvalue weighted by Gasteiger charge is -2.06. The molecular weight excluding hydrogens is 421 g/mol. The maximum Gasteiger partial charge on any atom is 0.490 e. The van der Waals surface area contributed by atoms with Crippen LogP contribution in [-0.2, 0) is 9.59 Å². The molecule has 0 aliphatic heterocycles. The van der Waals surface area contributed by atoms with Gasteiger partial charge in [0.05, 0.1) is 6.42 Å². The number of hydrogen-bond donors (Lipinski definition) is 3. The summed E-state index contributed by atoms with van der Waals surface area (Å²) in [5.74, 6) is -0.0490. The third-order valence-corrected chi connectivity index (χ3v) is 5.06. The van der Waals surface area contributed by atoms with Gasteiger partial charge in [-0.25, -0.2) is 9.78 Å². The van der Waals surface area contributed by atoms with Gasteiger partial charge in [-0.1, -0.05) is 27.5 Å². The minimum Gasteiger partial charge on any atom is -0.481 e. The maximum absolute atomic E-state index is 11.9. The number of rotatable bonds is 8. The molecule has 0 aromatic carbocycles. The van der Waals surface area contributed by atoms with E-state index in [1.807, 2.05) is 0 Å². The molecule has 0 bridgehead atoms. The second-order valence-electron chi connectivity index (χ2n) is 4.88. The van der Waals surface area contributed by atoms with Crippen LogP contribution in [0.5, 0.6) is 0 Å². The molecule has 0 spiro atoms. The van der Waals surface area contributed by atoms with Crippen LogP contribution in [0.25, 0.3) is 0 Å². The lowest BCUT2D eigenvalue weighted by molar-refractivity contribution is -0.192. The Morgan fingerprint density at radius 1 is 1.25 bits per heavy atom. The zero-order chi connectivity index (χ0) is 21.7. The molecular formula is C16H17F3N2O5S2. The highest BCUT2D eigenvalue weighted by atomic mass is 33.1. The minimum absolute atomic E-state index is 0.147. The Hall–Kier alpha value is -2.39. The van der Waals surface area contributed by atoms with Gasteiger partial charge in [0.15, 0.2) is 0 Å². The van der Waals surface area contributed by atoms with E-state index in [0.29, 0.717) is 29.3 Å². The molecule has 0 radical (unpaired) electrons. The molecule has 1 rings (SSSR count). The molecule has 0 atom stereocenters. The van der Waals surface area contributed by atoms with Crippen molar-refractivity contribution in [1.29, 1.82) is 0 Å². The lowest BCUT2D eigenvalue weighted by atomic mass is 10.1. The molecule has 0 aliphatic rings. The molecule has 0 saturated heterocycles. The average Bonchev–Trinajstić information content (AvgIpc) is 2.59. The number of halogens is 3. The van der Waals surface area contributed by atoms with Gasteiger partial charge in [0.2, 0.25) is 0 Å². The number of alkyl halides is 3. The molecule has 1 aromatic heterocycles. The minimum atomic E-state index is -5.08. The van der Waals surface area contributed by atoms with E-state index in [1.54, 1.807) is 13.0 Å². The fraction of sp³-hybridized carbons (Fsp3) is 0.375. The molecule has 28 heavy (non-hydrogen) atoms. The van der Waals surface area contributed by atoms with Crippen LogP contribution < -0.4 is 5.32 Å². The van der Waals surface area contributed by atoms with Crippen molar-refractivity contribution in [3.8, 4) is 12.3 Å². The Balaban J connectivity index is 0.000000887. The highest BCUT2D eigenvalue weighted by Gasteiger charge is 2.38. The largest absolute Gasteiger partial charge is 0.490 e.